The predicted molar refractivity (Wildman–Crippen MR) is 86.4 cm³/mol. The van der Waals surface area contributed by atoms with E-state index in [0.29, 0.717) is 0 Å². The van der Waals surface area contributed by atoms with E-state index >= 15 is 0 Å². The number of likely N-dealkylation sites (tertiary alicyclic amines) is 1. The lowest BCUT2D eigenvalue weighted by Gasteiger charge is -2.34. The summed E-state index contributed by atoms with van der Waals surface area (Å²) in [5, 5.41) is 2.98. The molecule has 2 N–H and O–H groups in total. The molecular weight excluding hydrogens is 300 g/mol. The molecule has 2 amide bonds. The van der Waals surface area contributed by atoms with Crippen LogP contribution in [0.15, 0.2) is 5.38 Å². The van der Waals surface area contributed by atoms with Gasteiger partial charge in [0.05, 0.1) is 12.6 Å². The quantitative estimate of drug-likeness (QED) is 0.882. The molecule has 2 heterocycles. The van der Waals surface area contributed by atoms with Crippen molar-refractivity contribution < 1.29 is 9.59 Å². The number of hydrogen-bond acceptors (Lipinski definition) is 5. The van der Waals surface area contributed by atoms with Crippen LogP contribution >= 0.6 is 11.3 Å². The summed E-state index contributed by atoms with van der Waals surface area (Å²) < 4.78 is 0. The Morgan fingerprint density at radius 3 is 2.64 bits per heavy atom. The summed E-state index contributed by atoms with van der Waals surface area (Å²) in [6.07, 6.45) is 1.56. The third-order valence-electron chi connectivity index (χ3n) is 4.24. The Morgan fingerprint density at radius 1 is 1.50 bits per heavy atom. The number of thiazole rings is 1. The van der Waals surface area contributed by atoms with Gasteiger partial charge in [-0.05, 0) is 39.8 Å². The standard InChI is InChI=1S/C15H24N4O2S/c1-10-9-22-14(17-10)11(2)18(3)15(21)12-4-6-19(7-5-12)8-13(16)20/h9,11-12H,4-8H2,1-3H3,(H2,16,20). The van der Waals surface area contributed by atoms with Crippen LogP contribution in [-0.4, -0.2) is 53.3 Å². The third kappa shape index (κ3) is 4.04. The minimum atomic E-state index is -0.311. The normalized spacial score (nSPS) is 18.1. The molecule has 1 saturated heterocycles. The lowest BCUT2D eigenvalue weighted by molar-refractivity contribution is -0.137. The smallest absolute Gasteiger partial charge is 0.231 e. The predicted octanol–water partition coefficient (Wildman–Crippen LogP) is 1.17. The van der Waals surface area contributed by atoms with Crippen LogP contribution in [0.2, 0.25) is 0 Å². The van der Waals surface area contributed by atoms with Gasteiger partial charge in [-0.2, -0.15) is 0 Å². The second kappa shape index (κ2) is 7.19. The highest BCUT2D eigenvalue weighted by Gasteiger charge is 2.30. The van der Waals surface area contributed by atoms with Crippen LogP contribution in [0, 0.1) is 12.8 Å². The second-order valence-electron chi connectivity index (χ2n) is 5.97. The maximum absolute atomic E-state index is 12.6. The van der Waals surface area contributed by atoms with Crippen molar-refractivity contribution in [1.29, 1.82) is 0 Å². The zero-order valence-electron chi connectivity index (χ0n) is 13.4. The lowest BCUT2D eigenvalue weighted by Crippen LogP contribution is -2.44. The Hall–Kier alpha value is -1.47. The summed E-state index contributed by atoms with van der Waals surface area (Å²) in [5.41, 5.74) is 6.20. The first-order valence-corrected chi connectivity index (χ1v) is 8.45. The fourth-order valence-electron chi connectivity index (χ4n) is 2.77. The van der Waals surface area contributed by atoms with Gasteiger partial charge in [0.2, 0.25) is 11.8 Å². The topological polar surface area (TPSA) is 79.5 Å². The molecule has 0 saturated carbocycles. The van der Waals surface area contributed by atoms with Crippen molar-refractivity contribution in [3.05, 3.63) is 16.1 Å². The zero-order chi connectivity index (χ0) is 16.3. The number of primary amides is 1. The van der Waals surface area contributed by atoms with E-state index in [9.17, 15) is 9.59 Å². The molecule has 1 unspecified atom stereocenters. The van der Waals surface area contributed by atoms with Gasteiger partial charge in [-0.15, -0.1) is 11.3 Å². The van der Waals surface area contributed by atoms with Crippen LogP contribution in [0.25, 0.3) is 0 Å². The Morgan fingerprint density at radius 2 is 2.14 bits per heavy atom. The van der Waals surface area contributed by atoms with E-state index in [1.807, 2.05) is 31.2 Å². The highest BCUT2D eigenvalue weighted by molar-refractivity contribution is 7.09. The molecule has 1 aromatic rings. The number of rotatable bonds is 5. The number of carbonyl (C=O) groups excluding carboxylic acids is 2. The summed E-state index contributed by atoms with van der Waals surface area (Å²) in [6.45, 7) is 5.75. The second-order valence-corrected chi connectivity index (χ2v) is 6.86. The fourth-order valence-corrected chi connectivity index (χ4v) is 3.66. The Bertz CT molecular complexity index is 537. The van der Waals surface area contributed by atoms with Gasteiger partial charge < -0.3 is 10.6 Å². The van der Waals surface area contributed by atoms with E-state index in [2.05, 4.69) is 4.98 Å². The van der Waals surface area contributed by atoms with Gasteiger partial charge in [-0.1, -0.05) is 0 Å². The molecule has 22 heavy (non-hydrogen) atoms. The number of hydrogen-bond donors (Lipinski definition) is 1. The largest absolute Gasteiger partial charge is 0.369 e. The van der Waals surface area contributed by atoms with Crippen LogP contribution < -0.4 is 5.73 Å². The molecule has 1 aromatic heterocycles. The third-order valence-corrected chi connectivity index (χ3v) is 5.37. The minimum absolute atomic E-state index is 0.00477. The molecule has 0 bridgehead atoms. The molecule has 6 nitrogen and oxygen atoms in total. The first-order valence-electron chi connectivity index (χ1n) is 7.58. The van der Waals surface area contributed by atoms with Crippen molar-refractivity contribution in [2.45, 2.75) is 32.7 Å². The Balaban J connectivity index is 1.90. The maximum atomic E-state index is 12.6. The number of nitrogens with zero attached hydrogens (tertiary/aromatic N) is 3. The molecule has 0 aliphatic carbocycles. The number of carbonyl (C=O) groups is 2. The van der Waals surface area contributed by atoms with Crippen LogP contribution in [-0.2, 0) is 9.59 Å². The SMILES string of the molecule is Cc1csc(C(C)N(C)C(=O)C2CCN(CC(N)=O)CC2)n1. The average Bonchev–Trinajstić information content (AvgIpc) is 2.91. The van der Waals surface area contributed by atoms with Crippen LogP contribution in [0.1, 0.15) is 36.5 Å². The maximum Gasteiger partial charge on any atom is 0.231 e. The molecule has 7 heteroatoms. The highest BCUT2D eigenvalue weighted by Crippen LogP contribution is 2.26. The summed E-state index contributed by atoms with van der Waals surface area (Å²) in [6, 6.07) is -0.00477. The number of aromatic nitrogens is 1. The van der Waals surface area contributed by atoms with Crippen LogP contribution in [0.4, 0.5) is 0 Å². The van der Waals surface area contributed by atoms with Gasteiger partial charge in [-0.25, -0.2) is 4.98 Å². The van der Waals surface area contributed by atoms with Gasteiger partial charge in [0.25, 0.3) is 0 Å². The van der Waals surface area contributed by atoms with Crippen LogP contribution in [0.5, 0.6) is 0 Å². The highest BCUT2D eigenvalue weighted by atomic mass is 32.1. The van der Waals surface area contributed by atoms with E-state index in [0.717, 1.165) is 36.6 Å². The molecule has 1 aliphatic heterocycles. The van der Waals surface area contributed by atoms with Gasteiger partial charge in [0.15, 0.2) is 0 Å². The summed E-state index contributed by atoms with van der Waals surface area (Å²) in [5.74, 6) is -0.119. The molecular formula is C15H24N4O2S. The van der Waals surface area contributed by atoms with E-state index in [-0.39, 0.29) is 30.3 Å². The molecule has 0 aromatic carbocycles. The molecule has 1 aliphatic rings. The zero-order valence-corrected chi connectivity index (χ0v) is 14.2. The van der Waals surface area contributed by atoms with Crippen molar-refractivity contribution >= 4 is 23.2 Å². The van der Waals surface area contributed by atoms with Gasteiger partial charge in [0.1, 0.15) is 5.01 Å². The number of amides is 2. The molecule has 1 fully saturated rings. The molecule has 122 valence electrons. The van der Waals surface area contributed by atoms with Crippen molar-refractivity contribution in [3.8, 4) is 0 Å². The first-order chi connectivity index (χ1) is 10.4. The van der Waals surface area contributed by atoms with Gasteiger partial charge >= 0.3 is 0 Å². The number of nitrogens with two attached hydrogens (primary N) is 1. The monoisotopic (exact) mass is 324 g/mol. The van der Waals surface area contributed by atoms with E-state index in [1.165, 1.54) is 0 Å². The van der Waals surface area contributed by atoms with E-state index in [1.54, 1.807) is 16.2 Å². The molecule has 2 rings (SSSR count). The number of piperidine rings is 1. The van der Waals surface area contributed by atoms with E-state index < -0.39 is 0 Å². The Labute approximate surface area is 135 Å². The lowest BCUT2D eigenvalue weighted by atomic mass is 9.95. The van der Waals surface area contributed by atoms with Crippen LogP contribution in [0.3, 0.4) is 0 Å². The molecule has 0 spiro atoms. The number of aryl methyl sites for hydroxylation is 1. The van der Waals surface area contributed by atoms with Crippen molar-refractivity contribution in [2.24, 2.45) is 11.7 Å². The minimum Gasteiger partial charge on any atom is -0.369 e. The van der Waals surface area contributed by atoms with Gasteiger partial charge in [-0.3, -0.25) is 14.5 Å². The molecule has 0 radical (unpaired) electrons. The molecule has 1 atom stereocenters. The average molecular weight is 324 g/mol. The van der Waals surface area contributed by atoms with Crippen molar-refractivity contribution in [2.75, 3.05) is 26.7 Å². The van der Waals surface area contributed by atoms with Gasteiger partial charge in [0, 0.05) is 24.0 Å². The summed E-state index contributed by atoms with van der Waals surface area (Å²) in [4.78, 5) is 31.9. The first kappa shape index (κ1) is 16.9. The summed E-state index contributed by atoms with van der Waals surface area (Å²) in [7, 11) is 1.85. The fraction of sp³-hybridized carbons (Fsp3) is 0.667. The Kier molecular flexibility index (Phi) is 5.52. The van der Waals surface area contributed by atoms with E-state index in [4.69, 9.17) is 5.73 Å². The van der Waals surface area contributed by atoms with Crippen molar-refractivity contribution in [3.63, 3.8) is 0 Å². The summed E-state index contributed by atoms with van der Waals surface area (Å²) >= 11 is 1.59. The van der Waals surface area contributed by atoms with Crippen molar-refractivity contribution in [1.82, 2.24) is 14.8 Å².